The molecule has 0 spiro atoms. The molecular formula is C17H27IN4O2. The minimum absolute atomic E-state index is 0. The van der Waals surface area contributed by atoms with Crippen molar-refractivity contribution in [3.05, 3.63) is 39.9 Å². The number of non-ortho nitro benzene ring substituents is 1. The predicted molar refractivity (Wildman–Crippen MR) is 108 cm³/mol. The fourth-order valence-corrected chi connectivity index (χ4v) is 2.88. The molecule has 1 aliphatic rings. The van der Waals surface area contributed by atoms with Crippen molar-refractivity contribution in [1.82, 2.24) is 10.6 Å². The number of nitro groups is 1. The molecule has 0 aliphatic heterocycles. The zero-order valence-electron chi connectivity index (χ0n) is 14.4. The number of benzene rings is 1. The van der Waals surface area contributed by atoms with Crippen LogP contribution in [0.2, 0.25) is 0 Å². The summed E-state index contributed by atoms with van der Waals surface area (Å²) < 4.78 is 0. The molecule has 0 bridgehead atoms. The molecule has 0 unspecified atom stereocenters. The van der Waals surface area contributed by atoms with Crippen molar-refractivity contribution in [2.45, 2.75) is 46.1 Å². The van der Waals surface area contributed by atoms with E-state index in [0.717, 1.165) is 24.6 Å². The van der Waals surface area contributed by atoms with Crippen LogP contribution in [0, 0.1) is 15.5 Å². The van der Waals surface area contributed by atoms with Gasteiger partial charge >= 0.3 is 0 Å². The lowest BCUT2D eigenvalue weighted by atomic mass is 9.67. The second-order valence-corrected chi connectivity index (χ2v) is 6.18. The fourth-order valence-electron chi connectivity index (χ4n) is 2.88. The van der Waals surface area contributed by atoms with Crippen LogP contribution in [0.4, 0.5) is 5.69 Å². The van der Waals surface area contributed by atoms with Crippen molar-refractivity contribution in [3.63, 3.8) is 0 Å². The number of hydrogen-bond donors (Lipinski definition) is 2. The molecule has 1 aromatic carbocycles. The quantitative estimate of drug-likeness (QED) is 0.219. The van der Waals surface area contributed by atoms with Gasteiger partial charge in [-0.2, -0.15) is 0 Å². The van der Waals surface area contributed by atoms with Crippen molar-refractivity contribution in [3.8, 4) is 0 Å². The Labute approximate surface area is 160 Å². The summed E-state index contributed by atoms with van der Waals surface area (Å²) in [6.07, 6.45) is 5.06. The molecule has 7 heteroatoms. The number of hydrogen-bond acceptors (Lipinski definition) is 3. The van der Waals surface area contributed by atoms with E-state index in [9.17, 15) is 10.1 Å². The van der Waals surface area contributed by atoms with Gasteiger partial charge in [-0.25, -0.2) is 4.99 Å². The summed E-state index contributed by atoms with van der Waals surface area (Å²) in [5.41, 5.74) is 1.36. The first-order valence-electron chi connectivity index (χ1n) is 8.34. The summed E-state index contributed by atoms with van der Waals surface area (Å²) in [5, 5.41) is 17.5. The van der Waals surface area contributed by atoms with Crippen molar-refractivity contribution in [2.75, 3.05) is 13.1 Å². The molecule has 2 N–H and O–H groups in total. The lowest BCUT2D eigenvalue weighted by Crippen LogP contribution is -2.46. The van der Waals surface area contributed by atoms with Gasteiger partial charge in [-0.05, 0) is 37.2 Å². The Balaban J connectivity index is 0.00000288. The molecule has 0 radical (unpaired) electrons. The van der Waals surface area contributed by atoms with Gasteiger partial charge < -0.3 is 10.6 Å². The van der Waals surface area contributed by atoms with Crippen LogP contribution in [0.1, 0.15) is 45.1 Å². The standard InChI is InChI=1S/C17H26N4O2.HI/c1-3-17(9-6-10-17)13-20-16(18-4-2)19-12-14-7-5-8-15(11-14)21(22)23;/h5,7-8,11H,3-4,6,9-10,12-13H2,1-2H3,(H2,18,19,20);1H. The molecule has 0 atom stereocenters. The van der Waals surface area contributed by atoms with Crippen molar-refractivity contribution in [2.24, 2.45) is 10.4 Å². The summed E-state index contributed by atoms with van der Waals surface area (Å²) in [6, 6.07) is 6.63. The first kappa shape index (κ1) is 20.7. The lowest BCUT2D eigenvalue weighted by molar-refractivity contribution is -0.384. The van der Waals surface area contributed by atoms with E-state index in [2.05, 4.69) is 22.5 Å². The second kappa shape index (κ2) is 9.80. The highest BCUT2D eigenvalue weighted by molar-refractivity contribution is 14.0. The smallest absolute Gasteiger partial charge is 0.269 e. The van der Waals surface area contributed by atoms with Crippen LogP contribution in [0.25, 0.3) is 0 Å². The van der Waals surface area contributed by atoms with Crippen molar-refractivity contribution >= 4 is 35.6 Å². The van der Waals surface area contributed by atoms with Gasteiger partial charge in [-0.3, -0.25) is 10.1 Å². The largest absolute Gasteiger partial charge is 0.357 e. The first-order valence-corrected chi connectivity index (χ1v) is 8.34. The number of aliphatic imine (C=N–C) groups is 1. The van der Waals surface area contributed by atoms with Gasteiger partial charge in [-0.1, -0.05) is 25.5 Å². The Morgan fingerprint density at radius 2 is 2.08 bits per heavy atom. The van der Waals surface area contributed by atoms with Gasteiger partial charge in [0.15, 0.2) is 5.96 Å². The van der Waals surface area contributed by atoms with Gasteiger partial charge in [0.25, 0.3) is 5.69 Å². The number of rotatable bonds is 7. The molecule has 1 fully saturated rings. The molecule has 1 saturated carbocycles. The highest BCUT2D eigenvalue weighted by Gasteiger charge is 2.34. The van der Waals surface area contributed by atoms with Crippen LogP contribution >= 0.6 is 24.0 Å². The SMILES string of the molecule is CCNC(=NCc1cccc([N+](=O)[O-])c1)NCC1(CC)CCC1.I. The third-order valence-corrected chi connectivity index (χ3v) is 4.68. The predicted octanol–water partition coefficient (Wildman–Crippen LogP) is 3.85. The number of guanidine groups is 1. The van der Waals surface area contributed by atoms with E-state index in [-0.39, 0.29) is 34.6 Å². The van der Waals surface area contributed by atoms with Crippen molar-refractivity contribution in [1.29, 1.82) is 0 Å². The van der Waals surface area contributed by atoms with Crippen LogP contribution in [0.15, 0.2) is 29.3 Å². The maximum Gasteiger partial charge on any atom is 0.269 e. The highest BCUT2D eigenvalue weighted by atomic mass is 127. The Bertz CT molecular complexity index is 568. The number of nitrogens with one attached hydrogen (secondary N) is 2. The molecule has 0 saturated heterocycles. The molecule has 6 nitrogen and oxygen atoms in total. The maximum absolute atomic E-state index is 10.8. The van der Waals surface area contributed by atoms with Crippen LogP contribution < -0.4 is 10.6 Å². The van der Waals surface area contributed by atoms with E-state index in [0.29, 0.717) is 12.0 Å². The summed E-state index contributed by atoms with van der Waals surface area (Å²) >= 11 is 0. The normalized spacial score (nSPS) is 15.8. The number of nitro benzene ring substituents is 1. The molecular weight excluding hydrogens is 419 g/mol. The third-order valence-electron chi connectivity index (χ3n) is 4.68. The van der Waals surface area contributed by atoms with Crippen LogP contribution in [0.5, 0.6) is 0 Å². The van der Waals surface area contributed by atoms with Gasteiger partial charge in [0.2, 0.25) is 0 Å². The van der Waals surface area contributed by atoms with Gasteiger partial charge in [-0.15, -0.1) is 24.0 Å². The molecule has 1 aromatic rings. The van der Waals surface area contributed by atoms with E-state index in [1.807, 2.05) is 13.0 Å². The molecule has 0 heterocycles. The van der Waals surface area contributed by atoms with Crippen molar-refractivity contribution < 1.29 is 4.92 Å². The molecule has 0 amide bonds. The Morgan fingerprint density at radius 1 is 1.33 bits per heavy atom. The summed E-state index contributed by atoms with van der Waals surface area (Å²) in [4.78, 5) is 15.0. The van der Waals surface area contributed by atoms with E-state index in [4.69, 9.17) is 0 Å². The topological polar surface area (TPSA) is 79.6 Å². The second-order valence-electron chi connectivity index (χ2n) is 6.18. The third kappa shape index (κ3) is 5.61. The minimum Gasteiger partial charge on any atom is -0.357 e. The summed E-state index contributed by atoms with van der Waals surface area (Å²) in [6.45, 7) is 6.43. The Hall–Kier alpha value is -1.38. The average Bonchev–Trinajstić information content (AvgIpc) is 2.52. The van der Waals surface area contributed by atoms with Gasteiger partial charge in [0, 0.05) is 25.2 Å². The van der Waals surface area contributed by atoms with E-state index in [1.54, 1.807) is 12.1 Å². The van der Waals surface area contributed by atoms with Gasteiger partial charge in [0.05, 0.1) is 11.5 Å². The summed E-state index contributed by atoms with van der Waals surface area (Å²) in [7, 11) is 0. The van der Waals surface area contributed by atoms with Crippen LogP contribution in [-0.4, -0.2) is 24.0 Å². The Morgan fingerprint density at radius 3 is 2.62 bits per heavy atom. The first-order chi connectivity index (χ1) is 11.1. The molecule has 1 aliphatic carbocycles. The molecule has 0 aromatic heterocycles. The molecule has 24 heavy (non-hydrogen) atoms. The van der Waals surface area contributed by atoms with E-state index in [1.165, 1.54) is 31.7 Å². The minimum atomic E-state index is -0.377. The molecule has 134 valence electrons. The van der Waals surface area contributed by atoms with Crippen LogP contribution in [-0.2, 0) is 6.54 Å². The maximum atomic E-state index is 10.8. The monoisotopic (exact) mass is 446 g/mol. The molecule has 2 rings (SSSR count). The zero-order valence-corrected chi connectivity index (χ0v) is 16.7. The van der Waals surface area contributed by atoms with E-state index >= 15 is 0 Å². The average molecular weight is 446 g/mol. The number of halogens is 1. The number of nitrogens with zero attached hydrogens (tertiary/aromatic N) is 2. The fraction of sp³-hybridized carbons (Fsp3) is 0.588. The highest BCUT2D eigenvalue weighted by Crippen LogP contribution is 2.42. The van der Waals surface area contributed by atoms with Crippen LogP contribution in [0.3, 0.4) is 0 Å². The van der Waals surface area contributed by atoms with Gasteiger partial charge in [0.1, 0.15) is 0 Å². The summed E-state index contributed by atoms with van der Waals surface area (Å²) in [5.74, 6) is 0.777. The van der Waals surface area contributed by atoms with E-state index < -0.39 is 0 Å². The Kier molecular flexibility index (Phi) is 8.44. The lowest BCUT2D eigenvalue weighted by Gasteiger charge is -2.41. The zero-order chi connectivity index (χ0) is 16.7.